The minimum atomic E-state index is -3.76. The van der Waals surface area contributed by atoms with Crippen LogP contribution in [0, 0.1) is 20.8 Å². The van der Waals surface area contributed by atoms with E-state index in [0.717, 1.165) is 39.4 Å². The molecule has 0 amide bonds. The van der Waals surface area contributed by atoms with Gasteiger partial charge in [-0.1, -0.05) is 30.7 Å². The fraction of sp³-hybridized carbons (Fsp3) is 0.304. The number of aromatic nitrogens is 2. The van der Waals surface area contributed by atoms with Gasteiger partial charge in [0.25, 0.3) is 10.2 Å². The maximum atomic E-state index is 11.7. The van der Waals surface area contributed by atoms with Crippen molar-refractivity contribution in [3.05, 3.63) is 63.8 Å². The van der Waals surface area contributed by atoms with Crippen LogP contribution in [0.25, 0.3) is 0 Å². The van der Waals surface area contributed by atoms with Gasteiger partial charge in [-0.3, -0.25) is 0 Å². The number of aryl methyl sites for hydroxylation is 3. The summed E-state index contributed by atoms with van der Waals surface area (Å²) in [5.41, 5.74) is 5.33. The van der Waals surface area contributed by atoms with Gasteiger partial charge in [0.05, 0.1) is 13.3 Å². The van der Waals surface area contributed by atoms with Crippen LogP contribution in [0.5, 0.6) is 5.75 Å². The van der Waals surface area contributed by atoms with Gasteiger partial charge in [-0.05, 0) is 61.2 Å². The Morgan fingerprint density at radius 1 is 1.09 bits per heavy atom. The quantitative estimate of drug-likeness (QED) is 0.390. The molecule has 0 atom stereocenters. The van der Waals surface area contributed by atoms with E-state index in [1.165, 1.54) is 10.5 Å². The summed E-state index contributed by atoms with van der Waals surface area (Å²) < 4.78 is 30.0. The molecule has 9 nitrogen and oxygen atoms in total. The van der Waals surface area contributed by atoms with Gasteiger partial charge in [0, 0.05) is 24.5 Å². The summed E-state index contributed by atoms with van der Waals surface area (Å²) in [5, 5.41) is 12.1. The zero-order valence-electron chi connectivity index (χ0n) is 19.8. The molecular weight excluding hydrogens is 476 g/mol. The molecule has 182 valence electrons. The topological polar surface area (TPSA) is 122 Å². The maximum absolute atomic E-state index is 11.7. The molecule has 4 N–H and O–H groups in total. The molecule has 0 bridgehead atoms. The molecule has 11 heteroatoms. The summed E-state index contributed by atoms with van der Waals surface area (Å²) in [4.78, 5) is 8.80. The van der Waals surface area contributed by atoms with Gasteiger partial charge in [-0.25, -0.2) is 10.1 Å². The number of hydrogen-bond donors (Lipinski definition) is 3. The highest BCUT2D eigenvalue weighted by molar-refractivity contribution is 7.86. The van der Waals surface area contributed by atoms with Crippen molar-refractivity contribution in [3.63, 3.8) is 0 Å². The highest BCUT2D eigenvalue weighted by atomic mass is 35.5. The lowest BCUT2D eigenvalue weighted by Crippen LogP contribution is -2.35. The summed E-state index contributed by atoms with van der Waals surface area (Å²) >= 11 is 6.34. The normalized spacial score (nSPS) is 11.5. The summed E-state index contributed by atoms with van der Waals surface area (Å²) in [5.74, 6) is 1.67. The van der Waals surface area contributed by atoms with Crippen LogP contribution < -0.4 is 20.5 Å². The van der Waals surface area contributed by atoms with E-state index in [1.54, 1.807) is 14.0 Å². The van der Waals surface area contributed by atoms with Crippen molar-refractivity contribution in [3.8, 4) is 5.75 Å². The number of ether oxygens (including phenoxy) is 1. The van der Waals surface area contributed by atoms with Crippen molar-refractivity contribution in [2.45, 2.75) is 34.2 Å². The second kappa shape index (κ2) is 10.6. The van der Waals surface area contributed by atoms with Gasteiger partial charge in [0.1, 0.15) is 10.8 Å². The van der Waals surface area contributed by atoms with Crippen molar-refractivity contribution >= 4 is 45.0 Å². The standard InChI is InChI=1S/C23H29ClN6O3S/c1-6-30(34(25,31)32)13-17-7-8-20(14(2)9-17)28-22-19(24)12-26-23(29-22)27-18-10-15(3)21(33-5)16(4)11-18/h7-12H,6,13H2,1-5H3,(H2,25,31,32)(H2,26,27,28,29). The molecule has 1 aromatic heterocycles. The number of hydrogen-bond acceptors (Lipinski definition) is 7. The zero-order valence-corrected chi connectivity index (χ0v) is 21.4. The van der Waals surface area contributed by atoms with E-state index < -0.39 is 10.2 Å². The van der Waals surface area contributed by atoms with Crippen LogP contribution in [0.3, 0.4) is 0 Å². The second-order valence-electron chi connectivity index (χ2n) is 7.90. The molecule has 2 aromatic carbocycles. The number of halogens is 1. The molecule has 3 rings (SSSR count). The predicted molar refractivity (Wildman–Crippen MR) is 136 cm³/mol. The Morgan fingerprint density at radius 2 is 1.76 bits per heavy atom. The van der Waals surface area contributed by atoms with Gasteiger partial charge >= 0.3 is 0 Å². The molecule has 0 aliphatic rings. The summed E-state index contributed by atoms with van der Waals surface area (Å²) in [6, 6.07) is 9.50. The number of methoxy groups -OCH3 is 1. The molecule has 0 aliphatic heterocycles. The predicted octanol–water partition coefficient (Wildman–Crippen LogP) is 4.58. The van der Waals surface area contributed by atoms with Crippen LogP contribution in [-0.4, -0.2) is 36.3 Å². The summed E-state index contributed by atoms with van der Waals surface area (Å²) in [6.07, 6.45) is 1.53. The monoisotopic (exact) mass is 504 g/mol. The van der Waals surface area contributed by atoms with Crippen LogP contribution in [0.4, 0.5) is 23.1 Å². The van der Waals surface area contributed by atoms with E-state index in [2.05, 4.69) is 20.6 Å². The van der Waals surface area contributed by atoms with Crippen molar-refractivity contribution in [1.82, 2.24) is 14.3 Å². The Hall–Kier alpha value is -2.92. The van der Waals surface area contributed by atoms with Gasteiger partial charge in [0.15, 0.2) is 5.82 Å². The number of rotatable bonds is 9. The first kappa shape index (κ1) is 25.7. The molecule has 0 fully saturated rings. The molecule has 0 saturated carbocycles. The number of nitrogens with two attached hydrogens (primary N) is 1. The average molecular weight is 505 g/mol. The van der Waals surface area contributed by atoms with Crippen LogP contribution in [-0.2, 0) is 16.8 Å². The summed E-state index contributed by atoms with van der Waals surface area (Å²) in [6.45, 7) is 8.08. The fourth-order valence-corrected chi connectivity index (χ4v) is 4.49. The van der Waals surface area contributed by atoms with Gasteiger partial charge < -0.3 is 15.4 Å². The van der Waals surface area contributed by atoms with Crippen LogP contribution in [0.15, 0.2) is 36.5 Å². The third kappa shape index (κ3) is 6.15. The van der Waals surface area contributed by atoms with Gasteiger partial charge in [-0.15, -0.1) is 0 Å². The van der Waals surface area contributed by atoms with E-state index in [4.69, 9.17) is 21.5 Å². The van der Waals surface area contributed by atoms with E-state index >= 15 is 0 Å². The number of benzene rings is 2. The molecule has 0 radical (unpaired) electrons. The molecule has 0 saturated heterocycles. The molecule has 0 aliphatic carbocycles. The molecule has 3 aromatic rings. The SMILES string of the molecule is CCN(Cc1ccc(Nc2nc(Nc3cc(C)c(OC)c(C)c3)ncc2Cl)c(C)c1)S(N)(=O)=O. The molecule has 34 heavy (non-hydrogen) atoms. The smallest absolute Gasteiger partial charge is 0.277 e. The molecule has 0 spiro atoms. The minimum Gasteiger partial charge on any atom is -0.496 e. The van der Waals surface area contributed by atoms with E-state index in [0.29, 0.717) is 16.8 Å². The van der Waals surface area contributed by atoms with E-state index in [-0.39, 0.29) is 13.1 Å². The lowest BCUT2D eigenvalue weighted by atomic mass is 10.1. The third-order valence-corrected chi connectivity index (χ3v) is 6.66. The van der Waals surface area contributed by atoms with Gasteiger partial charge in [-0.2, -0.15) is 17.7 Å². The first-order chi connectivity index (χ1) is 16.0. The zero-order chi connectivity index (χ0) is 25.0. The summed E-state index contributed by atoms with van der Waals surface area (Å²) in [7, 11) is -2.11. The van der Waals surface area contributed by atoms with Crippen LogP contribution >= 0.6 is 11.6 Å². The Labute approximate surface area is 205 Å². The van der Waals surface area contributed by atoms with Crippen molar-refractivity contribution in [1.29, 1.82) is 0 Å². The number of nitrogens with one attached hydrogen (secondary N) is 2. The van der Waals surface area contributed by atoms with Crippen molar-refractivity contribution in [2.75, 3.05) is 24.3 Å². The van der Waals surface area contributed by atoms with E-state index in [9.17, 15) is 8.42 Å². The Bertz CT molecular complexity index is 1280. The highest BCUT2D eigenvalue weighted by Crippen LogP contribution is 2.30. The molecular formula is C23H29ClN6O3S. The maximum Gasteiger partial charge on any atom is 0.277 e. The Morgan fingerprint density at radius 3 is 2.32 bits per heavy atom. The fourth-order valence-electron chi connectivity index (χ4n) is 3.67. The number of nitrogens with zero attached hydrogens (tertiary/aromatic N) is 3. The second-order valence-corrected chi connectivity index (χ2v) is 9.86. The first-order valence-corrected chi connectivity index (χ1v) is 12.5. The van der Waals surface area contributed by atoms with Crippen molar-refractivity contribution in [2.24, 2.45) is 5.14 Å². The molecule has 1 heterocycles. The first-order valence-electron chi connectivity index (χ1n) is 10.6. The largest absolute Gasteiger partial charge is 0.496 e. The Kier molecular flexibility index (Phi) is 7.98. The number of anilines is 4. The third-order valence-electron chi connectivity index (χ3n) is 5.28. The highest BCUT2D eigenvalue weighted by Gasteiger charge is 2.16. The average Bonchev–Trinajstić information content (AvgIpc) is 2.75. The molecule has 0 unspecified atom stereocenters. The van der Waals surface area contributed by atoms with Crippen molar-refractivity contribution < 1.29 is 13.2 Å². The van der Waals surface area contributed by atoms with Crippen LogP contribution in [0.2, 0.25) is 5.02 Å². The van der Waals surface area contributed by atoms with Gasteiger partial charge in [0.2, 0.25) is 5.95 Å². The minimum absolute atomic E-state index is 0.194. The van der Waals surface area contributed by atoms with E-state index in [1.807, 2.05) is 51.1 Å². The lowest BCUT2D eigenvalue weighted by molar-refractivity contribution is 0.408. The lowest BCUT2D eigenvalue weighted by Gasteiger charge is -2.18. The Balaban J connectivity index is 1.81. The van der Waals surface area contributed by atoms with Crippen LogP contribution in [0.1, 0.15) is 29.2 Å².